The van der Waals surface area contributed by atoms with Crippen molar-refractivity contribution in [3.63, 3.8) is 0 Å². The second-order valence-electron chi connectivity index (χ2n) is 7.36. The Morgan fingerprint density at radius 3 is 2.96 bits per heavy atom. The zero-order valence-electron chi connectivity index (χ0n) is 16.1. The molecule has 1 aliphatic heterocycles. The van der Waals surface area contributed by atoms with Gasteiger partial charge < -0.3 is 14.5 Å². The molecule has 0 radical (unpaired) electrons. The van der Waals surface area contributed by atoms with E-state index in [2.05, 4.69) is 21.7 Å². The minimum absolute atomic E-state index is 0.00232. The second-order valence-corrected chi connectivity index (χ2v) is 8.39. The fourth-order valence-electron chi connectivity index (χ4n) is 3.66. The zero-order chi connectivity index (χ0) is 19.3. The van der Waals surface area contributed by atoms with E-state index < -0.39 is 0 Å². The number of ether oxygens (including phenoxy) is 1. The van der Waals surface area contributed by atoms with Gasteiger partial charge in [-0.2, -0.15) is 0 Å². The van der Waals surface area contributed by atoms with E-state index in [4.69, 9.17) is 9.15 Å². The van der Waals surface area contributed by atoms with Crippen LogP contribution in [0.3, 0.4) is 0 Å². The van der Waals surface area contributed by atoms with Crippen LogP contribution in [0.15, 0.2) is 52.3 Å². The first-order valence-electron chi connectivity index (χ1n) is 9.81. The molecule has 0 spiro atoms. The summed E-state index contributed by atoms with van der Waals surface area (Å²) < 4.78 is 11.7. The number of furan rings is 1. The Morgan fingerprint density at radius 2 is 2.21 bits per heavy atom. The van der Waals surface area contributed by atoms with Crippen LogP contribution in [0, 0.1) is 0 Å². The van der Waals surface area contributed by atoms with Crippen LogP contribution in [0.5, 0.6) is 0 Å². The number of amides is 1. The van der Waals surface area contributed by atoms with E-state index in [0.29, 0.717) is 6.54 Å². The van der Waals surface area contributed by atoms with Crippen molar-refractivity contribution in [3.8, 4) is 0 Å². The van der Waals surface area contributed by atoms with Crippen LogP contribution in [-0.2, 0) is 16.1 Å². The van der Waals surface area contributed by atoms with Crippen molar-refractivity contribution in [2.45, 2.75) is 38.5 Å². The number of fused-ring (bicyclic) bond motifs is 1. The van der Waals surface area contributed by atoms with Gasteiger partial charge in [0.1, 0.15) is 11.3 Å². The molecule has 5 nitrogen and oxygen atoms in total. The van der Waals surface area contributed by atoms with Crippen molar-refractivity contribution in [2.24, 2.45) is 0 Å². The maximum Gasteiger partial charge on any atom is 0.234 e. The van der Waals surface area contributed by atoms with Gasteiger partial charge in [0.2, 0.25) is 5.91 Å². The maximum absolute atomic E-state index is 12.7. The van der Waals surface area contributed by atoms with Gasteiger partial charge in [-0.25, -0.2) is 0 Å². The zero-order valence-corrected chi connectivity index (χ0v) is 16.9. The Labute approximate surface area is 169 Å². The first-order chi connectivity index (χ1) is 13.7. The van der Waals surface area contributed by atoms with E-state index in [1.54, 1.807) is 11.3 Å². The Hall–Kier alpha value is -2.15. The Balaban J connectivity index is 1.38. The first kappa shape index (κ1) is 19.2. The van der Waals surface area contributed by atoms with Gasteiger partial charge in [-0.05, 0) is 43.3 Å². The number of para-hydroxylation sites is 1. The Bertz CT molecular complexity index is 867. The van der Waals surface area contributed by atoms with Crippen molar-refractivity contribution in [1.29, 1.82) is 0 Å². The molecule has 0 unspecified atom stereocenters. The summed E-state index contributed by atoms with van der Waals surface area (Å²) in [6.07, 6.45) is 2.39. The molecule has 148 valence electrons. The number of thiophene rings is 1. The van der Waals surface area contributed by atoms with Gasteiger partial charge in [-0.15, -0.1) is 11.3 Å². The van der Waals surface area contributed by atoms with Gasteiger partial charge in [-0.1, -0.05) is 24.3 Å². The largest absolute Gasteiger partial charge is 0.459 e. The lowest BCUT2D eigenvalue weighted by molar-refractivity contribution is -0.123. The van der Waals surface area contributed by atoms with Gasteiger partial charge in [0.25, 0.3) is 0 Å². The third kappa shape index (κ3) is 4.82. The molecule has 0 aliphatic carbocycles. The standard InChI is InChI=1S/C22H26N2O3S/c1-16(21-12-17-6-2-3-9-20(17)27-21)23-22(25)15-24(13-18-7-4-10-26-18)14-19-8-5-11-28-19/h2-3,5-6,8-9,11-12,16,18H,4,7,10,13-15H2,1H3,(H,23,25)/t16-,18+/m0/s1. The molecule has 3 heterocycles. The highest BCUT2D eigenvalue weighted by Gasteiger charge is 2.22. The van der Waals surface area contributed by atoms with E-state index >= 15 is 0 Å². The average Bonchev–Trinajstić information content (AvgIpc) is 3.43. The molecular formula is C22H26N2O3S. The molecule has 2 aromatic heterocycles. The SMILES string of the molecule is C[C@H](NC(=O)CN(Cc1cccs1)C[C@H]1CCCO1)c1cc2ccccc2o1. The molecule has 1 aliphatic rings. The maximum atomic E-state index is 12.7. The number of rotatable bonds is 8. The molecule has 28 heavy (non-hydrogen) atoms. The summed E-state index contributed by atoms with van der Waals surface area (Å²) in [5, 5.41) is 6.21. The summed E-state index contributed by atoms with van der Waals surface area (Å²) in [6.45, 7) is 4.68. The molecule has 1 saturated heterocycles. The Kier molecular flexibility index (Phi) is 6.10. The van der Waals surface area contributed by atoms with Crippen molar-refractivity contribution in [3.05, 3.63) is 58.5 Å². The third-order valence-electron chi connectivity index (χ3n) is 5.06. The van der Waals surface area contributed by atoms with Gasteiger partial charge >= 0.3 is 0 Å². The number of benzene rings is 1. The molecule has 3 aromatic rings. The molecule has 1 amide bonds. The summed E-state index contributed by atoms with van der Waals surface area (Å²) in [7, 11) is 0. The van der Waals surface area contributed by atoms with E-state index in [0.717, 1.165) is 49.3 Å². The first-order valence-corrected chi connectivity index (χ1v) is 10.7. The van der Waals surface area contributed by atoms with E-state index in [1.807, 2.05) is 43.3 Å². The Morgan fingerprint density at radius 1 is 1.32 bits per heavy atom. The number of carbonyl (C=O) groups is 1. The van der Waals surface area contributed by atoms with Gasteiger partial charge in [0, 0.05) is 30.0 Å². The van der Waals surface area contributed by atoms with Gasteiger partial charge in [0.05, 0.1) is 18.7 Å². The monoisotopic (exact) mass is 398 g/mol. The van der Waals surface area contributed by atoms with E-state index in [9.17, 15) is 4.79 Å². The van der Waals surface area contributed by atoms with Crippen LogP contribution >= 0.6 is 11.3 Å². The fraction of sp³-hybridized carbons (Fsp3) is 0.409. The van der Waals surface area contributed by atoms with Crippen LogP contribution in [0.1, 0.15) is 36.4 Å². The number of carbonyl (C=O) groups excluding carboxylic acids is 1. The van der Waals surface area contributed by atoms with Crippen LogP contribution in [0.4, 0.5) is 0 Å². The molecule has 2 atom stereocenters. The molecule has 1 fully saturated rings. The van der Waals surface area contributed by atoms with Crippen LogP contribution < -0.4 is 5.32 Å². The molecule has 1 aromatic carbocycles. The minimum atomic E-state index is -0.175. The van der Waals surface area contributed by atoms with Gasteiger partial charge in [-0.3, -0.25) is 9.69 Å². The van der Waals surface area contributed by atoms with E-state index in [1.165, 1.54) is 4.88 Å². The lowest BCUT2D eigenvalue weighted by atomic mass is 10.2. The minimum Gasteiger partial charge on any atom is -0.459 e. The normalized spacial score (nSPS) is 18.0. The number of nitrogens with zero attached hydrogens (tertiary/aromatic N) is 1. The topological polar surface area (TPSA) is 54.7 Å². The van der Waals surface area contributed by atoms with Gasteiger partial charge in [0.15, 0.2) is 0 Å². The summed E-state index contributed by atoms with van der Waals surface area (Å²) >= 11 is 1.72. The number of hydrogen-bond acceptors (Lipinski definition) is 5. The summed E-state index contributed by atoms with van der Waals surface area (Å²) in [5.74, 6) is 0.779. The van der Waals surface area contributed by atoms with Crippen LogP contribution in [0.2, 0.25) is 0 Å². The predicted molar refractivity (Wildman–Crippen MR) is 111 cm³/mol. The molecule has 4 rings (SSSR count). The second kappa shape index (κ2) is 8.90. The average molecular weight is 399 g/mol. The lowest BCUT2D eigenvalue weighted by Gasteiger charge is -2.24. The quantitative estimate of drug-likeness (QED) is 0.613. The molecule has 0 saturated carbocycles. The molecule has 1 N–H and O–H groups in total. The summed E-state index contributed by atoms with van der Waals surface area (Å²) in [4.78, 5) is 16.2. The van der Waals surface area contributed by atoms with Crippen molar-refractivity contribution in [2.75, 3.05) is 19.7 Å². The summed E-state index contributed by atoms with van der Waals surface area (Å²) in [5.41, 5.74) is 0.844. The fourth-order valence-corrected chi connectivity index (χ4v) is 4.41. The molecule has 0 bridgehead atoms. The predicted octanol–water partition coefficient (Wildman–Crippen LogP) is 4.35. The van der Waals surface area contributed by atoms with Crippen molar-refractivity contribution in [1.82, 2.24) is 10.2 Å². The van der Waals surface area contributed by atoms with Crippen LogP contribution in [-0.4, -0.2) is 36.6 Å². The highest BCUT2D eigenvalue weighted by atomic mass is 32.1. The van der Waals surface area contributed by atoms with E-state index in [-0.39, 0.29) is 18.1 Å². The number of hydrogen-bond donors (Lipinski definition) is 1. The van der Waals surface area contributed by atoms with Crippen molar-refractivity contribution >= 4 is 28.2 Å². The summed E-state index contributed by atoms with van der Waals surface area (Å²) in [6, 6.07) is 13.9. The third-order valence-corrected chi connectivity index (χ3v) is 5.92. The highest BCUT2D eigenvalue weighted by Crippen LogP contribution is 2.23. The lowest BCUT2D eigenvalue weighted by Crippen LogP contribution is -2.41. The van der Waals surface area contributed by atoms with Crippen LogP contribution in [0.25, 0.3) is 11.0 Å². The number of nitrogens with one attached hydrogen (secondary N) is 1. The smallest absolute Gasteiger partial charge is 0.234 e. The highest BCUT2D eigenvalue weighted by molar-refractivity contribution is 7.09. The van der Waals surface area contributed by atoms with Crippen molar-refractivity contribution < 1.29 is 13.9 Å². The molecular weight excluding hydrogens is 372 g/mol. The molecule has 6 heteroatoms.